The lowest BCUT2D eigenvalue weighted by Crippen LogP contribution is -2.36. The normalized spacial score (nSPS) is 14.0. The minimum atomic E-state index is -0.283. The molecule has 4 rings (SSSR count). The number of amides is 1. The smallest absolute Gasteiger partial charge is 0.272 e. The van der Waals surface area contributed by atoms with E-state index < -0.39 is 0 Å². The van der Waals surface area contributed by atoms with Crippen LogP contribution in [-0.2, 0) is 4.74 Å². The van der Waals surface area contributed by atoms with Crippen molar-refractivity contribution >= 4 is 39.8 Å². The van der Waals surface area contributed by atoms with E-state index in [1.165, 1.54) is 0 Å². The summed E-state index contributed by atoms with van der Waals surface area (Å²) in [5.41, 5.74) is 2.64. The molecule has 1 fully saturated rings. The van der Waals surface area contributed by atoms with Gasteiger partial charge in [0.25, 0.3) is 5.91 Å². The van der Waals surface area contributed by atoms with Crippen LogP contribution in [0.3, 0.4) is 0 Å². The van der Waals surface area contributed by atoms with Crippen LogP contribution in [0, 0.1) is 0 Å². The van der Waals surface area contributed by atoms with Crippen LogP contribution in [0.2, 0.25) is 5.02 Å². The zero-order chi connectivity index (χ0) is 21.8. The number of halogens is 1. The number of rotatable bonds is 7. The lowest BCUT2D eigenvalue weighted by molar-refractivity contribution is 0.102. The van der Waals surface area contributed by atoms with Gasteiger partial charge in [0.05, 0.1) is 48.3 Å². The predicted octanol–water partition coefficient (Wildman–Crippen LogP) is 4.71. The lowest BCUT2D eigenvalue weighted by atomic mass is 10.2. The number of carbonyl (C=O) groups excluding carboxylic acids is 1. The lowest BCUT2D eigenvalue weighted by Gasteiger charge is -2.31. The molecule has 8 heteroatoms. The van der Waals surface area contributed by atoms with Crippen LogP contribution in [-0.4, -0.2) is 50.4 Å². The summed E-state index contributed by atoms with van der Waals surface area (Å²) in [7, 11) is 0. The molecule has 0 spiro atoms. The van der Waals surface area contributed by atoms with Gasteiger partial charge in [0.1, 0.15) is 17.2 Å². The Hall–Kier alpha value is -2.90. The number of benzene rings is 2. The highest BCUT2D eigenvalue weighted by Crippen LogP contribution is 2.39. The van der Waals surface area contributed by atoms with Gasteiger partial charge in [-0.15, -0.1) is 0 Å². The van der Waals surface area contributed by atoms with Crippen molar-refractivity contribution in [1.82, 2.24) is 4.98 Å². The summed E-state index contributed by atoms with van der Waals surface area (Å²) in [6.45, 7) is 7.71. The van der Waals surface area contributed by atoms with Crippen LogP contribution in [0.4, 0.5) is 11.4 Å². The summed E-state index contributed by atoms with van der Waals surface area (Å²) in [6, 6.07) is 11.1. The molecular formula is C23H26ClN3O4. The molecule has 0 aliphatic carbocycles. The summed E-state index contributed by atoms with van der Waals surface area (Å²) in [6.07, 6.45) is 0. The van der Waals surface area contributed by atoms with E-state index in [0.717, 1.165) is 29.7 Å². The number of nitrogens with one attached hydrogen (secondary N) is 2. The van der Waals surface area contributed by atoms with Gasteiger partial charge in [0.15, 0.2) is 0 Å². The number of aromatic amines is 1. The van der Waals surface area contributed by atoms with E-state index >= 15 is 0 Å². The van der Waals surface area contributed by atoms with Gasteiger partial charge >= 0.3 is 0 Å². The number of hydrogen-bond acceptors (Lipinski definition) is 5. The molecule has 1 aliphatic rings. The van der Waals surface area contributed by atoms with Crippen LogP contribution >= 0.6 is 11.6 Å². The van der Waals surface area contributed by atoms with E-state index in [1.54, 1.807) is 12.1 Å². The number of ether oxygens (including phenoxy) is 3. The molecular weight excluding hydrogens is 418 g/mol. The first-order chi connectivity index (χ1) is 15.1. The van der Waals surface area contributed by atoms with Crippen molar-refractivity contribution < 1.29 is 19.0 Å². The molecule has 0 radical (unpaired) electrons. The van der Waals surface area contributed by atoms with Gasteiger partial charge < -0.3 is 29.4 Å². The van der Waals surface area contributed by atoms with E-state index in [2.05, 4.69) is 15.2 Å². The van der Waals surface area contributed by atoms with Crippen molar-refractivity contribution in [3.05, 3.63) is 47.1 Å². The first-order valence-corrected chi connectivity index (χ1v) is 10.8. The monoisotopic (exact) mass is 443 g/mol. The first-order valence-electron chi connectivity index (χ1n) is 10.5. The number of anilines is 2. The maximum absolute atomic E-state index is 13.0. The third-order valence-electron chi connectivity index (χ3n) is 5.11. The number of H-pyrrole nitrogens is 1. The van der Waals surface area contributed by atoms with Gasteiger partial charge in [0, 0.05) is 30.6 Å². The standard InChI is InChI=1S/C23H26ClN3O4/c1-3-30-20-14-19(27-8-10-29-11-9-27)21(31-4-2)13-17(20)26-23(28)18-12-15-6-5-7-16(24)22(15)25-18/h5-7,12-14,25H,3-4,8-11H2,1-2H3,(H,26,28). The predicted molar refractivity (Wildman–Crippen MR) is 123 cm³/mol. The summed E-state index contributed by atoms with van der Waals surface area (Å²) in [5, 5.41) is 4.40. The summed E-state index contributed by atoms with van der Waals surface area (Å²) in [5.74, 6) is 1.01. The molecule has 2 aromatic carbocycles. The fraction of sp³-hybridized carbons (Fsp3) is 0.348. The fourth-order valence-electron chi connectivity index (χ4n) is 3.68. The van der Waals surface area contributed by atoms with Crippen LogP contribution in [0.5, 0.6) is 11.5 Å². The Morgan fingerprint density at radius 1 is 1.13 bits per heavy atom. The van der Waals surface area contributed by atoms with Gasteiger partial charge in [0.2, 0.25) is 0 Å². The van der Waals surface area contributed by atoms with E-state index in [0.29, 0.717) is 54.3 Å². The van der Waals surface area contributed by atoms with Crippen LogP contribution < -0.4 is 19.7 Å². The van der Waals surface area contributed by atoms with E-state index in [-0.39, 0.29) is 5.91 Å². The molecule has 1 saturated heterocycles. The molecule has 0 unspecified atom stereocenters. The molecule has 1 amide bonds. The number of morpholine rings is 1. The highest BCUT2D eigenvalue weighted by Gasteiger charge is 2.21. The SMILES string of the molecule is CCOc1cc(N2CCOCC2)c(OCC)cc1NC(=O)c1cc2cccc(Cl)c2[nH]1. The second kappa shape index (κ2) is 9.49. The largest absolute Gasteiger partial charge is 0.492 e. The maximum atomic E-state index is 13.0. The number of nitrogens with zero attached hydrogens (tertiary/aromatic N) is 1. The molecule has 164 valence electrons. The van der Waals surface area contributed by atoms with Crippen molar-refractivity contribution in [1.29, 1.82) is 0 Å². The van der Waals surface area contributed by atoms with Crippen LogP contribution in [0.25, 0.3) is 10.9 Å². The number of carbonyl (C=O) groups is 1. The average molecular weight is 444 g/mol. The van der Waals surface area contributed by atoms with E-state index in [9.17, 15) is 4.79 Å². The molecule has 2 N–H and O–H groups in total. The Morgan fingerprint density at radius 3 is 2.58 bits per heavy atom. The van der Waals surface area contributed by atoms with Crippen molar-refractivity contribution in [2.45, 2.75) is 13.8 Å². The minimum absolute atomic E-state index is 0.283. The van der Waals surface area contributed by atoms with Crippen molar-refractivity contribution in [3.63, 3.8) is 0 Å². The average Bonchev–Trinajstić information content (AvgIpc) is 3.22. The topological polar surface area (TPSA) is 75.8 Å². The van der Waals surface area contributed by atoms with Crippen molar-refractivity contribution in [2.75, 3.05) is 49.7 Å². The van der Waals surface area contributed by atoms with Gasteiger partial charge in [-0.05, 0) is 26.0 Å². The third-order valence-corrected chi connectivity index (χ3v) is 5.43. The Kier molecular flexibility index (Phi) is 6.53. The summed E-state index contributed by atoms with van der Waals surface area (Å²) < 4.78 is 17.2. The van der Waals surface area contributed by atoms with Gasteiger partial charge in [-0.25, -0.2) is 0 Å². The highest BCUT2D eigenvalue weighted by atomic mass is 35.5. The number of fused-ring (bicyclic) bond motifs is 1. The second-order valence-electron chi connectivity index (χ2n) is 7.12. The molecule has 0 saturated carbocycles. The molecule has 0 bridgehead atoms. The Morgan fingerprint density at radius 2 is 1.87 bits per heavy atom. The van der Waals surface area contributed by atoms with Crippen LogP contribution in [0.15, 0.2) is 36.4 Å². The van der Waals surface area contributed by atoms with Crippen molar-refractivity contribution in [3.8, 4) is 11.5 Å². The van der Waals surface area contributed by atoms with Gasteiger partial charge in [-0.3, -0.25) is 4.79 Å². The number of aromatic nitrogens is 1. The van der Waals surface area contributed by atoms with Gasteiger partial charge in [-0.1, -0.05) is 23.7 Å². The van der Waals surface area contributed by atoms with E-state index in [1.807, 2.05) is 38.1 Å². The molecule has 1 aliphatic heterocycles. The minimum Gasteiger partial charge on any atom is -0.492 e. The Labute approximate surface area is 186 Å². The molecule has 0 atom stereocenters. The second-order valence-corrected chi connectivity index (χ2v) is 7.53. The van der Waals surface area contributed by atoms with Gasteiger partial charge in [-0.2, -0.15) is 0 Å². The zero-order valence-electron chi connectivity index (χ0n) is 17.7. The number of hydrogen-bond donors (Lipinski definition) is 2. The molecule has 1 aromatic heterocycles. The first kappa shape index (κ1) is 21.3. The molecule has 3 aromatic rings. The summed E-state index contributed by atoms with van der Waals surface area (Å²) >= 11 is 6.24. The molecule has 7 nitrogen and oxygen atoms in total. The Balaban J connectivity index is 1.67. The quantitative estimate of drug-likeness (QED) is 0.553. The van der Waals surface area contributed by atoms with Crippen molar-refractivity contribution in [2.24, 2.45) is 0 Å². The van der Waals surface area contributed by atoms with Crippen LogP contribution in [0.1, 0.15) is 24.3 Å². The number of para-hydroxylation sites is 1. The molecule has 2 heterocycles. The maximum Gasteiger partial charge on any atom is 0.272 e. The summed E-state index contributed by atoms with van der Waals surface area (Å²) in [4.78, 5) is 18.3. The highest BCUT2D eigenvalue weighted by molar-refractivity contribution is 6.35. The fourth-order valence-corrected chi connectivity index (χ4v) is 3.90. The Bertz CT molecular complexity index is 1080. The zero-order valence-corrected chi connectivity index (χ0v) is 18.4. The molecule has 31 heavy (non-hydrogen) atoms. The third kappa shape index (κ3) is 4.57. The van der Waals surface area contributed by atoms with E-state index in [4.69, 9.17) is 25.8 Å².